The molecule has 0 aliphatic heterocycles. The monoisotopic (exact) mass is 254 g/mol. The van der Waals surface area contributed by atoms with Gasteiger partial charge in [-0.1, -0.05) is 12.1 Å². The fraction of sp³-hybridized carbons (Fsp3) is 0. The molecular formula is C13H10N4S. The SMILES string of the molecule is c1ccc2scnc2c1.c1cnc2nc[nH]c2c1. The Kier molecular flexibility index (Phi) is 2.97. The molecule has 0 radical (unpaired) electrons. The van der Waals surface area contributed by atoms with Gasteiger partial charge in [0.2, 0.25) is 0 Å². The molecule has 3 heterocycles. The molecule has 4 aromatic rings. The summed E-state index contributed by atoms with van der Waals surface area (Å²) in [6.07, 6.45) is 3.36. The standard InChI is InChI=1S/C7H5NS.C6H5N3/c1-2-4-7-6(3-1)8-5-9-7;1-2-5-6(7-3-1)9-4-8-5/h1-5H;1-4H,(H,7,8,9). The van der Waals surface area contributed by atoms with Crippen LogP contribution in [0.15, 0.2) is 54.4 Å². The lowest BCUT2D eigenvalue weighted by molar-refractivity contribution is 1.30. The molecule has 0 unspecified atom stereocenters. The predicted molar refractivity (Wildman–Crippen MR) is 73.5 cm³/mol. The molecule has 18 heavy (non-hydrogen) atoms. The number of H-pyrrole nitrogens is 1. The summed E-state index contributed by atoms with van der Waals surface area (Å²) >= 11 is 1.68. The van der Waals surface area contributed by atoms with Crippen molar-refractivity contribution >= 4 is 32.7 Å². The predicted octanol–water partition coefficient (Wildman–Crippen LogP) is 3.25. The smallest absolute Gasteiger partial charge is 0.177 e. The van der Waals surface area contributed by atoms with Crippen LogP contribution in [0.4, 0.5) is 0 Å². The molecule has 0 atom stereocenters. The third-order valence-corrected chi connectivity index (χ3v) is 3.24. The number of aromatic amines is 1. The number of fused-ring (bicyclic) bond motifs is 2. The van der Waals surface area contributed by atoms with Gasteiger partial charge in [0, 0.05) is 6.20 Å². The first-order valence-electron chi connectivity index (χ1n) is 5.46. The molecule has 0 aliphatic rings. The Bertz CT molecular complexity index is 633. The second-order valence-corrected chi connectivity index (χ2v) is 4.48. The van der Waals surface area contributed by atoms with Crippen LogP contribution < -0.4 is 0 Å². The Morgan fingerprint density at radius 1 is 0.944 bits per heavy atom. The van der Waals surface area contributed by atoms with E-state index in [0.717, 1.165) is 16.7 Å². The van der Waals surface area contributed by atoms with Gasteiger partial charge in [-0.3, -0.25) is 0 Å². The van der Waals surface area contributed by atoms with E-state index in [-0.39, 0.29) is 0 Å². The molecule has 0 fully saturated rings. The second-order valence-electron chi connectivity index (χ2n) is 3.60. The molecule has 88 valence electrons. The topological polar surface area (TPSA) is 54.5 Å². The van der Waals surface area contributed by atoms with Crippen LogP contribution in [-0.4, -0.2) is 19.9 Å². The molecule has 1 aromatic carbocycles. The van der Waals surface area contributed by atoms with Crippen LogP contribution >= 0.6 is 11.3 Å². The number of hydrogen-bond acceptors (Lipinski definition) is 4. The Labute approximate surface area is 107 Å². The maximum Gasteiger partial charge on any atom is 0.177 e. The van der Waals surface area contributed by atoms with E-state index >= 15 is 0 Å². The average molecular weight is 254 g/mol. The number of aromatic nitrogens is 4. The highest BCUT2D eigenvalue weighted by atomic mass is 32.1. The minimum Gasteiger partial charge on any atom is -0.343 e. The van der Waals surface area contributed by atoms with Gasteiger partial charge in [-0.25, -0.2) is 15.0 Å². The molecule has 0 bridgehead atoms. The van der Waals surface area contributed by atoms with E-state index < -0.39 is 0 Å². The summed E-state index contributed by atoms with van der Waals surface area (Å²) < 4.78 is 1.26. The Balaban J connectivity index is 0.000000111. The number of nitrogens with one attached hydrogen (secondary N) is 1. The molecule has 0 spiro atoms. The first-order valence-corrected chi connectivity index (χ1v) is 6.34. The molecule has 0 saturated heterocycles. The number of rotatable bonds is 0. The minimum atomic E-state index is 0.775. The van der Waals surface area contributed by atoms with Crippen LogP contribution in [0.5, 0.6) is 0 Å². The summed E-state index contributed by atoms with van der Waals surface area (Å²) in [6, 6.07) is 11.9. The summed E-state index contributed by atoms with van der Waals surface area (Å²) in [5.41, 5.74) is 4.72. The molecule has 3 aromatic heterocycles. The lowest BCUT2D eigenvalue weighted by Crippen LogP contribution is -1.71. The fourth-order valence-electron chi connectivity index (χ4n) is 1.58. The highest BCUT2D eigenvalue weighted by Gasteiger charge is 1.90. The van der Waals surface area contributed by atoms with Crippen molar-refractivity contribution in [2.24, 2.45) is 0 Å². The Hall–Kier alpha value is -2.27. The van der Waals surface area contributed by atoms with Crippen LogP contribution in [0.1, 0.15) is 0 Å². The van der Waals surface area contributed by atoms with Crippen molar-refractivity contribution in [1.29, 1.82) is 0 Å². The number of para-hydroxylation sites is 1. The molecule has 0 amide bonds. The Morgan fingerprint density at radius 2 is 1.89 bits per heavy atom. The van der Waals surface area contributed by atoms with Gasteiger partial charge in [-0.05, 0) is 24.3 Å². The van der Waals surface area contributed by atoms with E-state index in [9.17, 15) is 0 Å². The van der Waals surface area contributed by atoms with Gasteiger partial charge < -0.3 is 4.98 Å². The summed E-state index contributed by atoms with van der Waals surface area (Å²) in [6.45, 7) is 0. The summed E-state index contributed by atoms with van der Waals surface area (Å²) in [7, 11) is 0. The molecule has 0 aliphatic carbocycles. The highest BCUT2D eigenvalue weighted by Crippen LogP contribution is 2.15. The number of hydrogen-bond donors (Lipinski definition) is 1. The zero-order chi connectivity index (χ0) is 12.2. The summed E-state index contributed by atoms with van der Waals surface area (Å²) in [4.78, 5) is 15.0. The van der Waals surface area contributed by atoms with Gasteiger partial charge in [0.25, 0.3) is 0 Å². The Morgan fingerprint density at radius 3 is 2.78 bits per heavy atom. The molecule has 0 saturated carbocycles. The maximum absolute atomic E-state index is 4.14. The number of pyridine rings is 1. The number of benzene rings is 1. The van der Waals surface area contributed by atoms with Gasteiger partial charge in [0.05, 0.1) is 27.6 Å². The maximum atomic E-state index is 4.14. The van der Waals surface area contributed by atoms with Gasteiger partial charge in [0.1, 0.15) is 0 Å². The van der Waals surface area contributed by atoms with Gasteiger partial charge in [-0.15, -0.1) is 11.3 Å². The molecule has 4 nitrogen and oxygen atoms in total. The third-order valence-electron chi connectivity index (χ3n) is 2.43. The van der Waals surface area contributed by atoms with E-state index in [4.69, 9.17) is 0 Å². The highest BCUT2D eigenvalue weighted by molar-refractivity contribution is 7.16. The molecule has 4 rings (SSSR count). The van der Waals surface area contributed by atoms with Crippen LogP contribution in [-0.2, 0) is 0 Å². The van der Waals surface area contributed by atoms with E-state index in [0.29, 0.717) is 0 Å². The average Bonchev–Trinajstić information content (AvgIpc) is 3.08. The van der Waals surface area contributed by atoms with Gasteiger partial charge >= 0.3 is 0 Å². The van der Waals surface area contributed by atoms with E-state index in [1.807, 2.05) is 35.8 Å². The largest absolute Gasteiger partial charge is 0.343 e. The zero-order valence-electron chi connectivity index (χ0n) is 9.45. The van der Waals surface area contributed by atoms with Crippen molar-refractivity contribution in [2.45, 2.75) is 0 Å². The zero-order valence-corrected chi connectivity index (χ0v) is 10.3. The lowest BCUT2D eigenvalue weighted by atomic mass is 10.3. The lowest BCUT2D eigenvalue weighted by Gasteiger charge is -1.80. The van der Waals surface area contributed by atoms with Crippen LogP contribution in [0.25, 0.3) is 21.4 Å². The van der Waals surface area contributed by atoms with Crippen molar-refractivity contribution in [3.05, 3.63) is 54.4 Å². The van der Waals surface area contributed by atoms with Crippen molar-refractivity contribution in [3.63, 3.8) is 0 Å². The van der Waals surface area contributed by atoms with Crippen molar-refractivity contribution < 1.29 is 0 Å². The summed E-state index contributed by atoms with van der Waals surface area (Å²) in [5, 5.41) is 0. The van der Waals surface area contributed by atoms with Crippen LogP contribution in [0.3, 0.4) is 0 Å². The van der Waals surface area contributed by atoms with Gasteiger partial charge in [-0.2, -0.15) is 0 Å². The quantitative estimate of drug-likeness (QED) is 0.524. The fourth-order valence-corrected chi connectivity index (χ4v) is 2.26. The van der Waals surface area contributed by atoms with Crippen LogP contribution in [0.2, 0.25) is 0 Å². The first-order chi connectivity index (χ1) is 8.93. The third kappa shape index (κ3) is 2.21. The number of thiazole rings is 1. The van der Waals surface area contributed by atoms with E-state index in [2.05, 4.69) is 26.0 Å². The number of nitrogens with zero attached hydrogens (tertiary/aromatic N) is 3. The first kappa shape index (κ1) is 10.9. The van der Waals surface area contributed by atoms with Crippen molar-refractivity contribution in [1.82, 2.24) is 19.9 Å². The van der Waals surface area contributed by atoms with Crippen LogP contribution in [0, 0.1) is 0 Å². The molecular weight excluding hydrogens is 244 g/mol. The molecule has 1 N–H and O–H groups in total. The normalized spacial score (nSPS) is 10.2. The molecule has 5 heteroatoms. The van der Waals surface area contributed by atoms with E-state index in [1.165, 1.54) is 4.70 Å². The van der Waals surface area contributed by atoms with Crippen molar-refractivity contribution in [2.75, 3.05) is 0 Å². The van der Waals surface area contributed by atoms with Gasteiger partial charge in [0.15, 0.2) is 5.65 Å². The minimum absolute atomic E-state index is 0.775. The summed E-state index contributed by atoms with van der Waals surface area (Å²) in [5.74, 6) is 0. The second kappa shape index (κ2) is 4.93. The number of imidazole rings is 1. The van der Waals surface area contributed by atoms with E-state index in [1.54, 1.807) is 23.9 Å². The van der Waals surface area contributed by atoms with Crippen molar-refractivity contribution in [3.8, 4) is 0 Å².